The van der Waals surface area contributed by atoms with Crippen molar-refractivity contribution in [3.05, 3.63) is 52.8 Å². The van der Waals surface area contributed by atoms with Gasteiger partial charge in [0.2, 0.25) is 0 Å². The topological polar surface area (TPSA) is 70.7 Å². The van der Waals surface area contributed by atoms with Gasteiger partial charge in [0.1, 0.15) is 5.82 Å². The van der Waals surface area contributed by atoms with Crippen molar-refractivity contribution >= 4 is 28.6 Å². The van der Waals surface area contributed by atoms with Crippen LogP contribution >= 0.6 is 0 Å². The third-order valence-corrected chi connectivity index (χ3v) is 6.65. The van der Waals surface area contributed by atoms with Crippen molar-refractivity contribution in [3.8, 4) is 0 Å². The van der Waals surface area contributed by atoms with E-state index in [4.69, 9.17) is 4.74 Å². The smallest absolute Gasteiger partial charge is 0.375 e. The van der Waals surface area contributed by atoms with Crippen LogP contribution in [-0.4, -0.2) is 56.2 Å². The molecule has 0 aromatic heterocycles. The standard InChI is InChI=1S/C21H24FN3O.C4F6O2/c1-13-8-15(2-3-19(13)22)24-16-9-14-12-26-7-6-25-20-4-5-23-11-18(20)17(10-16)21(14)25;5-3(6,7)1(11)2(12)4(8,9)10/h2-3,8-10,18,20,23-24H,4-7,11-12H2,1H3;/t18-,20-;/m0./s1. The largest absolute Gasteiger partial charge is 0.458 e. The molecule has 0 unspecified atom stereocenters. The number of nitrogens with one attached hydrogen (secondary N) is 2. The first-order valence-electron chi connectivity index (χ1n) is 11.7. The van der Waals surface area contributed by atoms with Crippen LogP contribution in [0.5, 0.6) is 0 Å². The SMILES string of the molecule is Cc1cc(Nc2cc3c4c(c2)[C@@H]2CNCC[C@@H]2N4CCOC3)ccc1F.O=C(C(=O)C(F)(F)F)C(F)(F)F. The van der Waals surface area contributed by atoms with Gasteiger partial charge in [-0.15, -0.1) is 0 Å². The Labute approximate surface area is 213 Å². The predicted octanol–water partition coefficient (Wildman–Crippen LogP) is 4.92. The number of Topliss-reactive ketones (excluding diaryl/α,β-unsaturated/α-hetero) is 2. The molecule has 2 N–H and O–H groups in total. The Morgan fingerprint density at radius 1 is 1.03 bits per heavy atom. The van der Waals surface area contributed by atoms with Crippen LogP contribution in [0, 0.1) is 12.7 Å². The van der Waals surface area contributed by atoms with E-state index in [1.807, 2.05) is 6.07 Å². The molecule has 0 bridgehead atoms. The fraction of sp³-hybridized carbons (Fsp3) is 0.440. The molecule has 0 spiro atoms. The highest BCUT2D eigenvalue weighted by Crippen LogP contribution is 2.47. The number of ether oxygens (including phenoxy) is 1. The molecule has 13 heteroatoms. The molecular formula is C25H24F7N3O3. The number of hydrogen-bond acceptors (Lipinski definition) is 6. The van der Waals surface area contributed by atoms with E-state index >= 15 is 0 Å². The van der Waals surface area contributed by atoms with Crippen molar-refractivity contribution < 1.29 is 45.1 Å². The summed E-state index contributed by atoms with van der Waals surface area (Å²) in [6.45, 7) is 6.33. The first-order chi connectivity index (χ1) is 17.8. The summed E-state index contributed by atoms with van der Waals surface area (Å²) in [6.07, 6.45) is -10.4. The molecular weight excluding hydrogens is 523 g/mol. The van der Waals surface area contributed by atoms with Gasteiger partial charge in [-0.3, -0.25) is 9.59 Å². The molecule has 2 aromatic carbocycles. The van der Waals surface area contributed by atoms with Crippen molar-refractivity contribution in [2.45, 2.75) is 44.3 Å². The number of carbonyl (C=O) groups excluding carboxylic acids is 2. The minimum atomic E-state index is -5.77. The number of piperidine rings is 1. The van der Waals surface area contributed by atoms with Gasteiger partial charge in [-0.05, 0) is 61.3 Å². The molecule has 3 aliphatic heterocycles. The van der Waals surface area contributed by atoms with Gasteiger partial charge < -0.3 is 20.3 Å². The lowest BCUT2D eigenvalue weighted by Gasteiger charge is -2.33. The second kappa shape index (κ2) is 10.5. The zero-order chi connectivity index (χ0) is 27.8. The lowest BCUT2D eigenvalue weighted by molar-refractivity contribution is -0.193. The Kier molecular flexibility index (Phi) is 7.71. The molecule has 0 amide bonds. The molecule has 5 rings (SSSR count). The molecule has 3 aliphatic rings. The first-order valence-corrected chi connectivity index (χ1v) is 11.7. The lowest BCUT2D eigenvalue weighted by Crippen LogP contribution is -2.44. The molecule has 1 fully saturated rings. The molecule has 2 atom stereocenters. The molecule has 38 heavy (non-hydrogen) atoms. The van der Waals surface area contributed by atoms with Gasteiger partial charge in [-0.2, -0.15) is 26.3 Å². The Morgan fingerprint density at radius 3 is 2.34 bits per heavy atom. The highest BCUT2D eigenvalue weighted by Gasteiger charge is 2.54. The normalized spacial score (nSPS) is 20.5. The summed E-state index contributed by atoms with van der Waals surface area (Å²) < 4.78 is 86.4. The van der Waals surface area contributed by atoms with Gasteiger partial charge in [0.15, 0.2) is 0 Å². The predicted molar refractivity (Wildman–Crippen MR) is 124 cm³/mol. The highest BCUT2D eigenvalue weighted by atomic mass is 19.4. The van der Waals surface area contributed by atoms with E-state index in [0.717, 1.165) is 37.6 Å². The second-order valence-electron chi connectivity index (χ2n) is 9.23. The summed E-state index contributed by atoms with van der Waals surface area (Å²) in [5.41, 5.74) is 6.70. The van der Waals surface area contributed by atoms with Crippen LogP contribution in [0.1, 0.15) is 29.0 Å². The Balaban J connectivity index is 0.000000240. The molecule has 3 heterocycles. The summed E-state index contributed by atoms with van der Waals surface area (Å²) >= 11 is 0. The number of carbonyl (C=O) groups is 2. The zero-order valence-electron chi connectivity index (χ0n) is 20.1. The third kappa shape index (κ3) is 5.78. The minimum absolute atomic E-state index is 0.170. The van der Waals surface area contributed by atoms with Gasteiger partial charge in [-0.25, -0.2) is 4.39 Å². The summed E-state index contributed by atoms with van der Waals surface area (Å²) in [5, 5.41) is 7.03. The van der Waals surface area contributed by atoms with Crippen LogP contribution < -0.4 is 15.5 Å². The van der Waals surface area contributed by atoms with Crippen molar-refractivity contribution in [1.29, 1.82) is 0 Å². The average Bonchev–Trinajstić information content (AvgIpc) is 3.00. The lowest BCUT2D eigenvalue weighted by atomic mass is 9.89. The van der Waals surface area contributed by atoms with Crippen molar-refractivity contribution in [1.82, 2.24) is 5.32 Å². The highest BCUT2D eigenvalue weighted by molar-refractivity contribution is 6.41. The summed E-state index contributed by atoms with van der Waals surface area (Å²) in [5.74, 6) is -6.45. The molecule has 0 saturated carbocycles. The average molecular weight is 547 g/mol. The number of nitrogens with zero attached hydrogens (tertiary/aromatic N) is 1. The van der Waals surface area contributed by atoms with Crippen LogP contribution in [-0.2, 0) is 20.9 Å². The molecule has 206 valence electrons. The third-order valence-electron chi connectivity index (χ3n) is 6.65. The van der Waals surface area contributed by atoms with E-state index in [0.29, 0.717) is 24.1 Å². The van der Waals surface area contributed by atoms with E-state index in [1.54, 1.807) is 13.0 Å². The van der Waals surface area contributed by atoms with Crippen LogP contribution in [0.15, 0.2) is 30.3 Å². The Bertz CT molecular complexity index is 1210. The fourth-order valence-corrected chi connectivity index (χ4v) is 5.00. The molecule has 1 saturated heterocycles. The quantitative estimate of drug-likeness (QED) is 0.420. The number of alkyl halides is 6. The number of fused-ring (bicyclic) bond motifs is 3. The summed E-state index contributed by atoms with van der Waals surface area (Å²) in [7, 11) is 0. The maximum absolute atomic E-state index is 13.6. The Hall–Kier alpha value is -3.19. The molecule has 2 aromatic rings. The van der Waals surface area contributed by atoms with E-state index in [1.165, 1.54) is 29.3 Å². The fourth-order valence-electron chi connectivity index (χ4n) is 5.00. The van der Waals surface area contributed by atoms with Gasteiger partial charge in [0.25, 0.3) is 0 Å². The van der Waals surface area contributed by atoms with E-state index in [-0.39, 0.29) is 5.82 Å². The second-order valence-corrected chi connectivity index (χ2v) is 9.23. The van der Waals surface area contributed by atoms with Crippen molar-refractivity contribution in [3.63, 3.8) is 0 Å². The number of halogens is 7. The maximum atomic E-state index is 13.6. The number of anilines is 3. The van der Waals surface area contributed by atoms with Gasteiger partial charge >= 0.3 is 23.9 Å². The van der Waals surface area contributed by atoms with Gasteiger partial charge in [0.05, 0.1) is 13.2 Å². The minimum Gasteiger partial charge on any atom is -0.375 e. The van der Waals surface area contributed by atoms with E-state index in [9.17, 15) is 40.3 Å². The Morgan fingerprint density at radius 2 is 1.71 bits per heavy atom. The van der Waals surface area contributed by atoms with Crippen molar-refractivity contribution in [2.75, 3.05) is 36.5 Å². The monoisotopic (exact) mass is 547 g/mol. The van der Waals surface area contributed by atoms with Gasteiger partial charge in [0, 0.05) is 47.7 Å². The first kappa shape index (κ1) is 27.8. The van der Waals surface area contributed by atoms with E-state index < -0.39 is 23.9 Å². The maximum Gasteiger partial charge on any atom is 0.458 e. The molecule has 0 aliphatic carbocycles. The van der Waals surface area contributed by atoms with Crippen LogP contribution in [0.2, 0.25) is 0 Å². The summed E-state index contributed by atoms with van der Waals surface area (Å²) in [6, 6.07) is 10.2. The molecule has 6 nitrogen and oxygen atoms in total. The zero-order valence-corrected chi connectivity index (χ0v) is 20.1. The number of benzene rings is 2. The van der Waals surface area contributed by atoms with Crippen LogP contribution in [0.25, 0.3) is 0 Å². The number of aryl methyl sites for hydroxylation is 1. The number of hydrogen-bond donors (Lipinski definition) is 2. The number of rotatable bonds is 3. The van der Waals surface area contributed by atoms with Gasteiger partial charge in [-0.1, -0.05) is 0 Å². The van der Waals surface area contributed by atoms with Crippen LogP contribution in [0.4, 0.5) is 47.8 Å². The van der Waals surface area contributed by atoms with Crippen LogP contribution in [0.3, 0.4) is 0 Å². The van der Waals surface area contributed by atoms with Crippen molar-refractivity contribution in [2.24, 2.45) is 0 Å². The molecule has 0 radical (unpaired) electrons. The number of ketones is 2. The van der Waals surface area contributed by atoms with E-state index in [2.05, 4.69) is 27.7 Å². The summed E-state index contributed by atoms with van der Waals surface area (Å²) in [4.78, 5) is 21.8.